The van der Waals surface area contributed by atoms with Gasteiger partial charge in [0.15, 0.2) is 0 Å². The smallest absolute Gasteiger partial charge is 0.333 e. The van der Waals surface area contributed by atoms with Gasteiger partial charge in [0.1, 0.15) is 6.61 Å². The van der Waals surface area contributed by atoms with E-state index in [-0.39, 0.29) is 19.0 Å². The van der Waals surface area contributed by atoms with Crippen molar-refractivity contribution in [3.05, 3.63) is 11.6 Å². The Labute approximate surface area is 66.3 Å². The van der Waals surface area contributed by atoms with Crippen LogP contribution >= 0.6 is 0 Å². The van der Waals surface area contributed by atoms with Gasteiger partial charge in [0.25, 0.3) is 0 Å². The molecule has 0 unspecified atom stereocenters. The molecule has 11 heavy (non-hydrogen) atoms. The summed E-state index contributed by atoms with van der Waals surface area (Å²) in [5, 5.41) is 8.12. The van der Waals surface area contributed by atoms with Gasteiger partial charge in [-0.25, -0.2) is 4.79 Å². The van der Waals surface area contributed by atoms with Gasteiger partial charge in [-0.15, -0.1) is 0 Å². The summed E-state index contributed by atoms with van der Waals surface area (Å²) in [6.45, 7) is 3.62. The maximum absolute atomic E-state index is 10.8. The zero-order valence-corrected chi connectivity index (χ0v) is 6.76. The van der Waals surface area contributed by atoms with Crippen LogP contribution in [0, 0.1) is 11.3 Å². The molecule has 0 rings (SSSR count). The number of carbonyl (C=O) groups excluding carboxylic acids is 1. The molecule has 0 fully saturated rings. The maximum atomic E-state index is 10.8. The largest absolute Gasteiger partial charge is 0.461 e. The van der Waals surface area contributed by atoms with Crippen LogP contribution < -0.4 is 0 Å². The van der Waals surface area contributed by atoms with Gasteiger partial charge >= 0.3 is 5.97 Å². The van der Waals surface area contributed by atoms with Crippen LogP contribution in [0.25, 0.3) is 0 Å². The van der Waals surface area contributed by atoms with Crippen molar-refractivity contribution in [2.45, 2.75) is 20.3 Å². The summed E-state index contributed by atoms with van der Waals surface area (Å²) in [4.78, 5) is 10.8. The molecule has 0 aromatic rings. The highest BCUT2D eigenvalue weighted by Gasteiger charge is 2.02. The van der Waals surface area contributed by atoms with E-state index in [0.29, 0.717) is 5.57 Å². The zero-order chi connectivity index (χ0) is 8.69. The fourth-order valence-electron chi connectivity index (χ4n) is 0.421. The van der Waals surface area contributed by atoms with Crippen molar-refractivity contribution in [2.75, 3.05) is 6.61 Å². The van der Waals surface area contributed by atoms with Gasteiger partial charge < -0.3 is 4.74 Å². The van der Waals surface area contributed by atoms with Crippen molar-refractivity contribution in [1.29, 1.82) is 5.26 Å². The molecule has 0 spiro atoms. The van der Waals surface area contributed by atoms with Crippen LogP contribution in [0.15, 0.2) is 11.6 Å². The van der Waals surface area contributed by atoms with Crippen LogP contribution in [0.5, 0.6) is 0 Å². The fraction of sp³-hybridized carbons (Fsp3) is 0.500. The highest BCUT2D eigenvalue weighted by molar-refractivity contribution is 5.87. The number of nitriles is 1. The first kappa shape index (κ1) is 9.70. The Bertz CT molecular complexity index is 201. The third-order valence-electron chi connectivity index (χ3n) is 1.20. The number of carbonyl (C=O) groups is 1. The van der Waals surface area contributed by atoms with Gasteiger partial charge in [0, 0.05) is 5.57 Å². The second-order valence-electron chi connectivity index (χ2n) is 2.02. The average Bonchev–Trinajstić information content (AvgIpc) is 2.03. The van der Waals surface area contributed by atoms with E-state index in [2.05, 4.69) is 0 Å². The molecule has 0 saturated carbocycles. The summed E-state index contributed by atoms with van der Waals surface area (Å²) in [6.07, 6.45) is 1.93. The highest BCUT2D eigenvalue weighted by Crippen LogP contribution is 1.95. The summed E-state index contributed by atoms with van der Waals surface area (Å²) in [7, 11) is 0. The summed E-state index contributed by atoms with van der Waals surface area (Å²) < 4.78 is 4.71. The molecule has 3 heteroatoms. The second kappa shape index (κ2) is 5.48. The van der Waals surface area contributed by atoms with E-state index in [1.165, 1.54) is 0 Å². The van der Waals surface area contributed by atoms with Crippen molar-refractivity contribution >= 4 is 5.97 Å². The minimum atomic E-state index is -0.345. The number of hydrogen-bond donors (Lipinski definition) is 0. The predicted molar refractivity (Wildman–Crippen MR) is 40.6 cm³/mol. The van der Waals surface area contributed by atoms with Crippen LogP contribution in [0.4, 0.5) is 0 Å². The molecular weight excluding hydrogens is 142 g/mol. The first-order valence-corrected chi connectivity index (χ1v) is 3.39. The monoisotopic (exact) mass is 153 g/mol. The Morgan fingerprint density at radius 1 is 1.73 bits per heavy atom. The molecular formula is C8H11NO2. The molecule has 0 amide bonds. The number of ether oxygens (including phenoxy) is 1. The summed E-state index contributed by atoms with van der Waals surface area (Å²) in [6, 6.07) is 1.88. The number of allylic oxidation sites excluding steroid dienone is 1. The first-order valence-electron chi connectivity index (χ1n) is 3.39. The Balaban J connectivity index is 3.64. The third kappa shape index (κ3) is 4.15. The number of esters is 1. The lowest BCUT2D eigenvalue weighted by atomic mass is 10.3. The summed E-state index contributed by atoms with van der Waals surface area (Å²) in [5.74, 6) is -0.345. The van der Waals surface area contributed by atoms with Crippen molar-refractivity contribution in [1.82, 2.24) is 0 Å². The lowest BCUT2D eigenvalue weighted by Gasteiger charge is -2.00. The molecule has 0 aliphatic rings. The fourth-order valence-corrected chi connectivity index (χ4v) is 0.421. The van der Waals surface area contributed by atoms with Crippen molar-refractivity contribution < 1.29 is 9.53 Å². The van der Waals surface area contributed by atoms with E-state index in [9.17, 15) is 4.79 Å². The third-order valence-corrected chi connectivity index (χ3v) is 1.20. The maximum Gasteiger partial charge on any atom is 0.333 e. The van der Waals surface area contributed by atoms with E-state index in [4.69, 9.17) is 10.00 Å². The van der Waals surface area contributed by atoms with E-state index in [1.54, 1.807) is 19.9 Å². The van der Waals surface area contributed by atoms with Crippen molar-refractivity contribution in [2.24, 2.45) is 0 Å². The Morgan fingerprint density at radius 3 is 2.82 bits per heavy atom. The molecule has 0 saturated heterocycles. The minimum absolute atomic E-state index is 0.181. The van der Waals surface area contributed by atoms with Crippen LogP contribution in [-0.4, -0.2) is 12.6 Å². The summed E-state index contributed by atoms with van der Waals surface area (Å²) >= 11 is 0. The first-order chi connectivity index (χ1) is 5.22. The van der Waals surface area contributed by atoms with E-state index >= 15 is 0 Å². The normalized spacial score (nSPS) is 10.5. The van der Waals surface area contributed by atoms with Gasteiger partial charge in [0.2, 0.25) is 0 Å². The van der Waals surface area contributed by atoms with Gasteiger partial charge in [-0.3, -0.25) is 0 Å². The molecule has 0 N–H and O–H groups in total. The number of hydrogen-bond acceptors (Lipinski definition) is 3. The Kier molecular flexibility index (Phi) is 4.83. The Hall–Kier alpha value is -1.30. The van der Waals surface area contributed by atoms with Gasteiger partial charge in [-0.2, -0.15) is 5.26 Å². The standard InChI is InChI=1S/C8H11NO2/c1-3-7(2)8(10)11-6-4-5-9/h3H,4,6H2,1-2H3. The van der Waals surface area contributed by atoms with Crippen molar-refractivity contribution in [3.8, 4) is 6.07 Å². The highest BCUT2D eigenvalue weighted by atomic mass is 16.5. The molecule has 0 aromatic carbocycles. The molecule has 0 atom stereocenters. The van der Waals surface area contributed by atoms with Crippen LogP contribution in [-0.2, 0) is 9.53 Å². The quantitative estimate of drug-likeness (QED) is 0.350. The average molecular weight is 153 g/mol. The summed E-state index contributed by atoms with van der Waals surface area (Å²) in [5.41, 5.74) is 0.572. The lowest BCUT2D eigenvalue weighted by Crippen LogP contribution is -2.06. The molecule has 3 nitrogen and oxygen atoms in total. The van der Waals surface area contributed by atoms with Crippen molar-refractivity contribution in [3.63, 3.8) is 0 Å². The molecule has 0 aliphatic carbocycles. The van der Waals surface area contributed by atoms with Crippen LogP contribution in [0.3, 0.4) is 0 Å². The molecule has 0 aliphatic heterocycles. The lowest BCUT2D eigenvalue weighted by molar-refractivity contribution is -0.138. The number of rotatable bonds is 3. The molecule has 60 valence electrons. The van der Waals surface area contributed by atoms with E-state index in [0.717, 1.165) is 0 Å². The zero-order valence-electron chi connectivity index (χ0n) is 6.76. The molecule has 0 aromatic heterocycles. The second-order valence-corrected chi connectivity index (χ2v) is 2.02. The van der Waals surface area contributed by atoms with Gasteiger partial charge in [-0.05, 0) is 13.8 Å². The SMILES string of the molecule is CC=C(C)C(=O)OCCC#N. The van der Waals surface area contributed by atoms with E-state index in [1.807, 2.05) is 6.07 Å². The number of nitrogens with zero attached hydrogens (tertiary/aromatic N) is 1. The van der Waals surface area contributed by atoms with Gasteiger partial charge in [0.05, 0.1) is 12.5 Å². The Morgan fingerprint density at radius 2 is 2.36 bits per heavy atom. The van der Waals surface area contributed by atoms with Gasteiger partial charge in [-0.1, -0.05) is 6.08 Å². The van der Waals surface area contributed by atoms with Crippen LogP contribution in [0.1, 0.15) is 20.3 Å². The minimum Gasteiger partial charge on any atom is -0.461 e. The molecule has 0 heterocycles. The van der Waals surface area contributed by atoms with E-state index < -0.39 is 0 Å². The molecule has 0 radical (unpaired) electrons. The topological polar surface area (TPSA) is 50.1 Å². The predicted octanol–water partition coefficient (Wildman–Crippen LogP) is 1.41. The molecule has 0 bridgehead atoms. The van der Waals surface area contributed by atoms with Crippen LogP contribution in [0.2, 0.25) is 0 Å².